The highest BCUT2D eigenvalue weighted by atomic mass is 16.5. The number of ketones is 1. The van der Waals surface area contributed by atoms with Crippen molar-refractivity contribution >= 4 is 5.78 Å². The van der Waals surface area contributed by atoms with Gasteiger partial charge in [-0.1, -0.05) is 58.9 Å². The molecule has 0 saturated heterocycles. The van der Waals surface area contributed by atoms with Crippen molar-refractivity contribution in [1.82, 2.24) is 0 Å². The second-order valence-corrected chi connectivity index (χ2v) is 11.8. The average molecular weight is 445 g/mol. The first-order chi connectivity index (χ1) is 14.9. The van der Waals surface area contributed by atoms with Crippen LogP contribution in [0.2, 0.25) is 0 Å². The molecule has 0 aromatic rings. The number of carbonyl (C=O) groups is 1. The van der Waals surface area contributed by atoms with Crippen molar-refractivity contribution in [1.29, 1.82) is 0 Å². The second kappa shape index (κ2) is 9.95. The maximum atomic E-state index is 12.2. The predicted octanol–water partition coefficient (Wildman–Crippen LogP) is 5.40. The minimum Gasteiger partial charge on any atom is -0.393 e. The van der Waals surface area contributed by atoms with Crippen LogP contribution in [0, 0.1) is 28.6 Å². The maximum Gasteiger partial charge on any atom is 0.163 e. The lowest BCUT2D eigenvalue weighted by molar-refractivity contribution is -0.131. The number of fused-ring (bicyclic) bond motifs is 1. The Balaban J connectivity index is 1.67. The SMILES string of the molecule is C=C1/C(=C/C=C2/CCC[C@]3(C)[C@@H]([C@H](C)COCC(=O)C(C)(C)C)CC[C@@H]23)C[C@@H](O)C[C@@H]1O. The second-order valence-electron chi connectivity index (χ2n) is 11.8. The minimum absolute atomic E-state index is 0.163. The molecule has 6 atom stereocenters. The standard InChI is InChI=1S/C28H44O4/c1-18(16-32-17-26(31)27(3,4)5)23-11-12-24-20(8-7-13-28(23,24)6)9-10-21-14-22(29)15-25(30)19(21)2/h9-10,18,22-25,29-30H,2,7-8,11-17H2,1,3-6H3/b20-9-,21-10+/t18-,22-,23-,24+,25+,28-/m1/s1. The third kappa shape index (κ3) is 5.46. The zero-order valence-corrected chi connectivity index (χ0v) is 20.8. The molecule has 0 amide bonds. The van der Waals surface area contributed by atoms with Crippen molar-refractivity contribution in [3.8, 4) is 0 Å². The summed E-state index contributed by atoms with van der Waals surface area (Å²) in [5.74, 6) is 1.76. The number of Topliss-reactive ketones (excluding diaryl/α,β-unsaturated/α-hetero) is 1. The van der Waals surface area contributed by atoms with Gasteiger partial charge in [0.2, 0.25) is 0 Å². The molecule has 0 aromatic heterocycles. The molecular weight excluding hydrogens is 400 g/mol. The Kier molecular flexibility index (Phi) is 7.89. The van der Waals surface area contributed by atoms with E-state index in [9.17, 15) is 15.0 Å². The van der Waals surface area contributed by atoms with Crippen LogP contribution in [0.4, 0.5) is 0 Å². The first-order valence-electron chi connectivity index (χ1n) is 12.5. The number of hydrogen-bond donors (Lipinski definition) is 2. The van der Waals surface area contributed by atoms with Crippen LogP contribution in [0.3, 0.4) is 0 Å². The first-order valence-corrected chi connectivity index (χ1v) is 12.5. The molecule has 4 nitrogen and oxygen atoms in total. The lowest BCUT2D eigenvalue weighted by atomic mass is 9.61. The van der Waals surface area contributed by atoms with Gasteiger partial charge in [-0.3, -0.25) is 4.79 Å². The molecule has 0 aliphatic heterocycles. The van der Waals surface area contributed by atoms with Crippen molar-refractivity contribution in [2.24, 2.45) is 28.6 Å². The van der Waals surface area contributed by atoms with Gasteiger partial charge >= 0.3 is 0 Å². The molecule has 3 aliphatic rings. The van der Waals surface area contributed by atoms with Gasteiger partial charge in [-0.05, 0) is 72.8 Å². The van der Waals surface area contributed by atoms with Crippen LogP contribution in [0.1, 0.15) is 79.6 Å². The van der Waals surface area contributed by atoms with Crippen molar-refractivity contribution < 1.29 is 19.7 Å². The van der Waals surface area contributed by atoms with Crippen LogP contribution in [0.5, 0.6) is 0 Å². The molecule has 2 N–H and O–H groups in total. The van der Waals surface area contributed by atoms with Gasteiger partial charge in [0.1, 0.15) is 6.61 Å². The largest absolute Gasteiger partial charge is 0.393 e. The molecule has 3 saturated carbocycles. The summed E-state index contributed by atoms with van der Waals surface area (Å²) < 4.78 is 5.88. The summed E-state index contributed by atoms with van der Waals surface area (Å²) in [6.45, 7) is 15.5. The van der Waals surface area contributed by atoms with Crippen LogP contribution in [0.25, 0.3) is 0 Å². The molecule has 3 aliphatic carbocycles. The van der Waals surface area contributed by atoms with Crippen molar-refractivity contribution in [3.05, 3.63) is 35.5 Å². The molecule has 3 fully saturated rings. The zero-order chi connectivity index (χ0) is 23.7. The summed E-state index contributed by atoms with van der Waals surface area (Å²) in [5.41, 5.74) is 3.16. The van der Waals surface area contributed by atoms with Gasteiger partial charge in [0, 0.05) is 11.8 Å². The summed E-state index contributed by atoms with van der Waals surface area (Å²) in [5, 5.41) is 20.2. The molecule has 180 valence electrons. The third-order valence-electron chi connectivity index (χ3n) is 8.44. The predicted molar refractivity (Wildman–Crippen MR) is 129 cm³/mol. The van der Waals surface area contributed by atoms with E-state index in [1.807, 2.05) is 20.8 Å². The number of aliphatic hydroxyl groups excluding tert-OH is 2. The van der Waals surface area contributed by atoms with Gasteiger partial charge in [0.25, 0.3) is 0 Å². The fourth-order valence-electron chi connectivity index (χ4n) is 6.35. The van der Waals surface area contributed by atoms with E-state index >= 15 is 0 Å². The fraction of sp³-hybridized carbons (Fsp3) is 0.750. The number of allylic oxidation sites excluding steroid dienone is 3. The average Bonchev–Trinajstić information content (AvgIpc) is 3.06. The molecule has 0 heterocycles. The highest BCUT2D eigenvalue weighted by molar-refractivity contribution is 5.84. The Bertz CT molecular complexity index is 771. The quantitative estimate of drug-likeness (QED) is 0.576. The monoisotopic (exact) mass is 444 g/mol. The summed E-state index contributed by atoms with van der Waals surface area (Å²) >= 11 is 0. The van der Waals surface area contributed by atoms with Gasteiger partial charge in [-0.2, -0.15) is 0 Å². The topological polar surface area (TPSA) is 66.8 Å². The Hall–Kier alpha value is -1.23. The van der Waals surface area contributed by atoms with Crippen molar-refractivity contribution in [2.75, 3.05) is 13.2 Å². The highest BCUT2D eigenvalue weighted by Gasteiger charge is 2.50. The van der Waals surface area contributed by atoms with E-state index in [1.54, 1.807) is 0 Å². The molecule has 0 radical (unpaired) electrons. The smallest absolute Gasteiger partial charge is 0.163 e. The Morgan fingerprint density at radius 2 is 2.00 bits per heavy atom. The molecule has 0 bridgehead atoms. The summed E-state index contributed by atoms with van der Waals surface area (Å²) in [6, 6.07) is 0. The van der Waals surface area contributed by atoms with Gasteiger partial charge in [0.15, 0.2) is 5.78 Å². The van der Waals surface area contributed by atoms with E-state index in [4.69, 9.17) is 4.74 Å². The Labute approximate surface area is 194 Å². The van der Waals surface area contributed by atoms with Crippen LogP contribution in [0.15, 0.2) is 35.5 Å². The van der Waals surface area contributed by atoms with E-state index in [2.05, 4.69) is 32.6 Å². The van der Waals surface area contributed by atoms with Crippen LogP contribution < -0.4 is 0 Å². The summed E-state index contributed by atoms with van der Waals surface area (Å²) in [7, 11) is 0. The normalized spacial score (nSPS) is 37.0. The van der Waals surface area contributed by atoms with Gasteiger partial charge in [-0.25, -0.2) is 0 Å². The third-order valence-corrected chi connectivity index (χ3v) is 8.44. The van der Waals surface area contributed by atoms with E-state index in [0.717, 1.165) is 17.6 Å². The van der Waals surface area contributed by atoms with Crippen molar-refractivity contribution in [3.63, 3.8) is 0 Å². The molecule has 32 heavy (non-hydrogen) atoms. The van der Waals surface area contributed by atoms with Crippen LogP contribution in [-0.2, 0) is 9.53 Å². The molecule has 0 aromatic carbocycles. The summed E-state index contributed by atoms with van der Waals surface area (Å²) in [6.07, 6.45) is 10.2. The first kappa shape index (κ1) is 25.4. The van der Waals surface area contributed by atoms with Crippen LogP contribution >= 0.6 is 0 Å². The fourth-order valence-corrected chi connectivity index (χ4v) is 6.35. The lowest BCUT2D eigenvalue weighted by Crippen LogP contribution is -2.37. The number of ether oxygens (including phenoxy) is 1. The zero-order valence-electron chi connectivity index (χ0n) is 20.8. The molecule has 0 spiro atoms. The van der Waals surface area contributed by atoms with E-state index in [0.29, 0.717) is 37.2 Å². The molecule has 0 unspecified atom stereocenters. The Morgan fingerprint density at radius 3 is 2.69 bits per heavy atom. The van der Waals surface area contributed by atoms with Crippen molar-refractivity contribution in [2.45, 2.75) is 91.8 Å². The highest BCUT2D eigenvalue weighted by Crippen LogP contribution is 2.59. The van der Waals surface area contributed by atoms with Gasteiger partial charge < -0.3 is 14.9 Å². The molecule has 4 heteroatoms. The molecular formula is C28H44O4. The lowest BCUT2D eigenvalue weighted by Gasteiger charge is -2.44. The molecule has 3 rings (SSSR count). The van der Waals surface area contributed by atoms with E-state index in [1.165, 1.54) is 31.3 Å². The number of rotatable bonds is 6. The minimum atomic E-state index is -0.637. The number of hydrogen-bond acceptors (Lipinski definition) is 4. The van der Waals surface area contributed by atoms with Crippen LogP contribution in [-0.4, -0.2) is 41.4 Å². The summed E-state index contributed by atoms with van der Waals surface area (Å²) in [4.78, 5) is 12.2. The van der Waals surface area contributed by atoms with Gasteiger partial charge in [0.05, 0.1) is 18.8 Å². The Morgan fingerprint density at radius 1 is 1.28 bits per heavy atom. The van der Waals surface area contributed by atoms with E-state index in [-0.39, 0.29) is 23.2 Å². The number of aliphatic hydroxyl groups is 2. The number of carbonyl (C=O) groups excluding carboxylic acids is 1. The maximum absolute atomic E-state index is 12.2. The van der Waals surface area contributed by atoms with Gasteiger partial charge in [-0.15, -0.1) is 0 Å². The van der Waals surface area contributed by atoms with E-state index < -0.39 is 12.2 Å².